The summed E-state index contributed by atoms with van der Waals surface area (Å²) in [4.78, 5) is 20.7. The fourth-order valence-corrected chi connectivity index (χ4v) is 5.03. The average molecular weight is 484 g/mol. The minimum atomic E-state index is 0.771. The van der Waals surface area contributed by atoms with Gasteiger partial charge in [0.15, 0.2) is 5.82 Å². The van der Waals surface area contributed by atoms with Gasteiger partial charge in [-0.15, -0.1) is 0 Å². The molecular weight excluding hydrogens is 458 g/mol. The fraction of sp³-hybridized carbons (Fsp3) is 0.240. The molecule has 1 fully saturated rings. The van der Waals surface area contributed by atoms with Crippen molar-refractivity contribution in [1.82, 2.24) is 34.3 Å². The van der Waals surface area contributed by atoms with Crippen molar-refractivity contribution < 1.29 is 0 Å². The lowest BCUT2D eigenvalue weighted by molar-refractivity contribution is 0.632. The molecule has 0 spiro atoms. The minimum absolute atomic E-state index is 0.771. The quantitative estimate of drug-likeness (QED) is 0.374. The van der Waals surface area contributed by atoms with Gasteiger partial charge in [-0.25, -0.2) is 19.5 Å². The summed E-state index contributed by atoms with van der Waals surface area (Å²) in [5.41, 5.74) is 4.40. The second-order valence-corrected chi connectivity index (χ2v) is 9.80. The van der Waals surface area contributed by atoms with E-state index < -0.39 is 0 Å². The lowest BCUT2D eigenvalue weighted by Crippen LogP contribution is -2.47. The van der Waals surface area contributed by atoms with E-state index in [1.165, 1.54) is 10.5 Å². The first kappa shape index (κ1) is 21.6. The molecule has 10 heteroatoms. The summed E-state index contributed by atoms with van der Waals surface area (Å²) in [6, 6.07) is 10.6. The second kappa shape index (κ2) is 9.03. The lowest BCUT2D eigenvalue weighted by Gasteiger charge is -2.35. The summed E-state index contributed by atoms with van der Waals surface area (Å²) < 4.78 is 3.70. The van der Waals surface area contributed by atoms with Crippen LogP contribution in [0.25, 0.3) is 16.6 Å². The Morgan fingerprint density at radius 3 is 2.23 bits per heavy atom. The molecule has 9 nitrogen and oxygen atoms in total. The summed E-state index contributed by atoms with van der Waals surface area (Å²) >= 11 is 1.68. The van der Waals surface area contributed by atoms with E-state index in [0.717, 1.165) is 59.5 Å². The van der Waals surface area contributed by atoms with Crippen LogP contribution in [0.3, 0.4) is 0 Å². The predicted octanol–water partition coefficient (Wildman–Crippen LogP) is 3.71. The Morgan fingerprint density at radius 1 is 0.771 bits per heavy atom. The standard InChI is InChI=1S/C25H25N9S/c1-18-3-5-21(6-4-18)35-22-13-26-25(27-14-22)33-9-7-32(8-10-33)24-23-11-19(16-34(23)30-17-28-24)20-12-29-31(2)15-20/h3-6,11-17H,7-10H2,1-2H3. The molecule has 0 aliphatic carbocycles. The van der Waals surface area contributed by atoms with Crippen LogP contribution in [0.15, 0.2) is 77.4 Å². The Balaban J connectivity index is 1.14. The van der Waals surface area contributed by atoms with Crippen LogP contribution >= 0.6 is 11.8 Å². The largest absolute Gasteiger partial charge is 0.351 e. The van der Waals surface area contributed by atoms with Crippen molar-refractivity contribution in [2.45, 2.75) is 16.7 Å². The zero-order chi connectivity index (χ0) is 23.8. The van der Waals surface area contributed by atoms with Crippen LogP contribution in [0.4, 0.5) is 11.8 Å². The summed E-state index contributed by atoms with van der Waals surface area (Å²) in [6.45, 7) is 5.43. The predicted molar refractivity (Wildman–Crippen MR) is 137 cm³/mol. The Labute approximate surface area is 207 Å². The molecule has 0 saturated carbocycles. The molecular formula is C25H25N9S. The molecule has 6 rings (SSSR count). The van der Waals surface area contributed by atoms with Crippen LogP contribution in [0.2, 0.25) is 0 Å². The van der Waals surface area contributed by atoms with Crippen molar-refractivity contribution in [3.8, 4) is 11.1 Å². The molecule has 0 unspecified atom stereocenters. The number of hydrogen-bond acceptors (Lipinski definition) is 8. The van der Waals surface area contributed by atoms with E-state index in [0.29, 0.717) is 0 Å². The molecule has 0 radical (unpaired) electrons. The molecule has 0 amide bonds. The van der Waals surface area contributed by atoms with E-state index in [1.54, 1.807) is 22.8 Å². The lowest BCUT2D eigenvalue weighted by atomic mass is 10.2. The number of fused-ring (bicyclic) bond motifs is 1. The van der Waals surface area contributed by atoms with Gasteiger partial charge in [-0.05, 0) is 25.1 Å². The number of hydrogen-bond donors (Lipinski definition) is 0. The number of rotatable bonds is 5. The zero-order valence-electron chi connectivity index (χ0n) is 19.6. The third-order valence-electron chi connectivity index (χ3n) is 6.16. The van der Waals surface area contributed by atoms with Gasteiger partial charge in [-0.3, -0.25) is 4.68 Å². The van der Waals surface area contributed by atoms with E-state index in [2.05, 4.69) is 72.2 Å². The summed E-state index contributed by atoms with van der Waals surface area (Å²) in [7, 11) is 1.92. The van der Waals surface area contributed by atoms with Gasteiger partial charge in [0.25, 0.3) is 0 Å². The van der Waals surface area contributed by atoms with Gasteiger partial charge in [0.2, 0.25) is 5.95 Å². The number of piperazine rings is 1. The topological polar surface area (TPSA) is 80.3 Å². The maximum atomic E-state index is 4.64. The van der Waals surface area contributed by atoms with Crippen LogP contribution in [0, 0.1) is 6.92 Å². The van der Waals surface area contributed by atoms with Crippen molar-refractivity contribution >= 4 is 29.0 Å². The van der Waals surface area contributed by atoms with Gasteiger partial charge in [-0.2, -0.15) is 10.2 Å². The summed E-state index contributed by atoms with van der Waals surface area (Å²) in [5.74, 6) is 1.72. The van der Waals surface area contributed by atoms with E-state index in [1.807, 2.05) is 42.5 Å². The summed E-state index contributed by atoms with van der Waals surface area (Å²) in [5, 5.41) is 8.70. The third kappa shape index (κ3) is 4.44. The van der Waals surface area contributed by atoms with Gasteiger partial charge in [0.1, 0.15) is 11.8 Å². The monoisotopic (exact) mass is 483 g/mol. The summed E-state index contributed by atoms with van der Waals surface area (Å²) in [6.07, 6.45) is 11.3. The highest BCUT2D eigenvalue weighted by molar-refractivity contribution is 7.99. The Kier molecular flexibility index (Phi) is 5.57. The Bertz CT molecular complexity index is 1450. The molecule has 0 atom stereocenters. The van der Waals surface area contributed by atoms with Crippen molar-refractivity contribution in [3.05, 3.63) is 73.2 Å². The number of nitrogens with zero attached hydrogens (tertiary/aromatic N) is 9. The second-order valence-electron chi connectivity index (χ2n) is 8.65. The van der Waals surface area contributed by atoms with Crippen molar-refractivity contribution in [2.24, 2.45) is 7.05 Å². The number of benzene rings is 1. The molecule has 176 valence electrons. The van der Waals surface area contributed by atoms with E-state index in [4.69, 9.17) is 0 Å². The van der Waals surface area contributed by atoms with Crippen molar-refractivity contribution in [3.63, 3.8) is 0 Å². The van der Waals surface area contributed by atoms with Crippen LogP contribution in [0.5, 0.6) is 0 Å². The van der Waals surface area contributed by atoms with E-state index in [9.17, 15) is 0 Å². The van der Waals surface area contributed by atoms with E-state index >= 15 is 0 Å². The molecule has 0 bridgehead atoms. The molecule has 1 saturated heterocycles. The van der Waals surface area contributed by atoms with Gasteiger partial charge in [-0.1, -0.05) is 29.5 Å². The van der Waals surface area contributed by atoms with Crippen LogP contribution < -0.4 is 9.80 Å². The molecule has 35 heavy (non-hydrogen) atoms. The van der Waals surface area contributed by atoms with E-state index in [-0.39, 0.29) is 0 Å². The smallest absolute Gasteiger partial charge is 0.225 e. The molecule has 1 aromatic carbocycles. The highest BCUT2D eigenvalue weighted by Crippen LogP contribution is 2.29. The number of anilines is 2. The van der Waals surface area contributed by atoms with Crippen molar-refractivity contribution in [2.75, 3.05) is 36.0 Å². The van der Waals surface area contributed by atoms with Crippen molar-refractivity contribution in [1.29, 1.82) is 0 Å². The SMILES string of the molecule is Cc1ccc(Sc2cnc(N3CCN(c4ncnn5cc(-c6cnn(C)c6)cc45)CC3)nc2)cc1. The number of aromatic nitrogens is 7. The first-order valence-electron chi connectivity index (χ1n) is 11.5. The van der Waals surface area contributed by atoms with Gasteiger partial charge in [0.05, 0.1) is 6.20 Å². The third-order valence-corrected chi connectivity index (χ3v) is 7.11. The molecule has 5 aromatic rings. The first-order valence-corrected chi connectivity index (χ1v) is 12.3. The molecule has 4 aromatic heterocycles. The van der Waals surface area contributed by atoms with Gasteiger partial charge in [0, 0.05) is 78.9 Å². The zero-order valence-corrected chi connectivity index (χ0v) is 20.4. The van der Waals surface area contributed by atoms with Gasteiger partial charge >= 0.3 is 0 Å². The van der Waals surface area contributed by atoms with Crippen LogP contribution in [-0.4, -0.2) is 60.5 Å². The van der Waals surface area contributed by atoms with Crippen LogP contribution in [-0.2, 0) is 7.05 Å². The molecule has 1 aliphatic heterocycles. The fourth-order valence-electron chi connectivity index (χ4n) is 4.27. The first-order chi connectivity index (χ1) is 17.1. The average Bonchev–Trinajstić information content (AvgIpc) is 3.52. The normalized spacial score (nSPS) is 14.1. The highest BCUT2D eigenvalue weighted by atomic mass is 32.2. The Hall–Kier alpha value is -3.92. The molecule has 1 aliphatic rings. The maximum absolute atomic E-state index is 4.64. The number of aryl methyl sites for hydroxylation is 2. The minimum Gasteiger partial charge on any atom is -0.351 e. The maximum Gasteiger partial charge on any atom is 0.225 e. The molecule has 5 heterocycles. The van der Waals surface area contributed by atoms with Gasteiger partial charge < -0.3 is 9.80 Å². The molecule has 0 N–H and O–H groups in total. The highest BCUT2D eigenvalue weighted by Gasteiger charge is 2.22. The Morgan fingerprint density at radius 2 is 1.51 bits per heavy atom. The van der Waals surface area contributed by atoms with Crippen LogP contribution in [0.1, 0.15) is 5.56 Å².